The Kier molecular flexibility index (Phi) is 5.31. The highest BCUT2D eigenvalue weighted by Crippen LogP contribution is 2.26. The van der Waals surface area contributed by atoms with Crippen molar-refractivity contribution in [3.8, 4) is 5.75 Å². The summed E-state index contributed by atoms with van der Waals surface area (Å²) in [7, 11) is 0. The summed E-state index contributed by atoms with van der Waals surface area (Å²) in [5.41, 5.74) is 0.646. The third kappa shape index (κ3) is 4.28. The van der Waals surface area contributed by atoms with E-state index in [1.54, 1.807) is 18.2 Å². The summed E-state index contributed by atoms with van der Waals surface area (Å²) in [4.78, 5) is 0. The van der Waals surface area contributed by atoms with E-state index in [-0.39, 0.29) is 24.4 Å². The average molecular weight is 245 g/mol. The third-order valence-corrected chi connectivity index (χ3v) is 2.41. The van der Waals surface area contributed by atoms with E-state index in [9.17, 15) is 8.78 Å². The standard InChI is InChI=1S/C12H17F2NO2/c1-8(7-16)15-9(2)10-5-3-4-6-11(10)17-12(13)14/h3-6,8-9,12,15-16H,7H2,1-2H3/t8-,9?/m1/s1. The van der Waals surface area contributed by atoms with E-state index >= 15 is 0 Å². The van der Waals surface area contributed by atoms with Crippen LogP contribution in [0.3, 0.4) is 0 Å². The second-order valence-electron chi connectivity index (χ2n) is 3.89. The van der Waals surface area contributed by atoms with E-state index in [1.807, 2.05) is 13.8 Å². The summed E-state index contributed by atoms with van der Waals surface area (Å²) in [6, 6.07) is 6.35. The molecule has 96 valence electrons. The highest BCUT2D eigenvalue weighted by Gasteiger charge is 2.15. The van der Waals surface area contributed by atoms with Gasteiger partial charge in [-0.2, -0.15) is 8.78 Å². The molecule has 0 aromatic heterocycles. The van der Waals surface area contributed by atoms with Crippen molar-refractivity contribution < 1.29 is 18.6 Å². The number of benzene rings is 1. The van der Waals surface area contributed by atoms with Crippen LogP contribution in [0.15, 0.2) is 24.3 Å². The van der Waals surface area contributed by atoms with Gasteiger partial charge in [0.15, 0.2) is 0 Å². The molecule has 0 bridgehead atoms. The number of hydrogen-bond acceptors (Lipinski definition) is 3. The lowest BCUT2D eigenvalue weighted by molar-refractivity contribution is -0.0507. The lowest BCUT2D eigenvalue weighted by Crippen LogP contribution is -2.32. The number of ether oxygens (including phenoxy) is 1. The zero-order valence-electron chi connectivity index (χ0n) is 9.86. The molecule has 0 radical (unpaired) electrons. The summed E-state index contributed by atoms with van der Waals surface area (Å²) in [6.07, 6.45) is 0. The predicted molar refractivity (Wildman–Crippen MR) is 61.2 cm³/mol. The molecule has 1 aromatic rings. The summed E-state index contributed by atoms with van der Waals surface area (Å²) in [5.74, 6) is 0.160. The van der Waals surface area contributed by atoms with E-state index < -0.39 is 6.61 Å². The molecule has 0 saturated heterocycles. The molecule has 2 N–H and O–H groups in total. The van der Waals surface area contributed by atoms with Crippen LogP contribution in [0, 0.1) is 0 Å². The molecule has 0 fully saturated rings. The molecular formula is C12H17F2NO2. The molecule has 0 saturated carbocycles. The van der Waals surface area contributed by atoms with Crippen molar-refractivity contribution in [2.45, 2.75) is 32.5 Å². The van der Waals surface area contributed by atoms with Gasteiger partial charge in [0, 0.05) is 17.6 Å². The molecular weight excluding hydrogens is 228 g/mol. The summed E-state index contributed by atoms with van der Waals surface area (Å²) in [5, 5.41) is 12.0. The molecule has 1 rings (SSSR count). The molecule has 2 atom stereocenters. The predicted octanol–water partition coefficient (Wildman–Crippen LogP) is 2.32. The van der Waals surface area contributed by atoms with E-state index in [1.165, 1.54) is 6.07 Å². The molecule has 0 spiro atoms. The normalized spacial score (nSPS) is 14.7. The Balaban J connectivity index is 2.81. The van der Waals surface area contributed by atoms with Crippen LogP contribution >= 0.6 is 0 Å². The van der Waals surface area contributed by atoms with Gasteiger partial charge in [0.1, 0.15) is 5.75 Å². The first kappa shape index (κ1) is 13.9. The van der Waals surface area contributed by atoms with Gasteiger partial charge in [-0.3, -0.25) is 0 Å². The zero-order chi connectivity index (χ0) is 12.8. The summed E-state index contributed by atoms with van der Waals surface area (Å²) >= 11 is 0. The molecule has 1 aromatic carbocycles. The largest absolute Gasteiger partial charge is 0.434 e. The maximum atomic E-state index is 12.2. The van der Waals surface area contributed by atoms with Gasteiger partial charge in [-0.05, 0) is 19.9 Å². The molecule has 1 unspecified atom stereocenters. The Morgan fingerprint density at radius 1 is 1.29 bits per heavy atom. The number of hydrogen-bond donors (Lipinski definition) is 2. The SMILES string of the molecule is CC(N[C@H](C)CO)c1ccccc1OC(F)F. The first-order valence-electron chi connectivity index (χ1n) is 5.45. The number of aliphatic hydroxyl groups excluding tert-OH is 1. The van der Waals surface area contributed by atoms with Gasteiger partial charge < -0.3 is 15.2 Å². The van der Waals surface area contributed by atoms with Crippen molar-refractivity contribution >= 4 is 0 Å². The highest BCUT2D eigenvalue weighted by molar-refractivity contribution is 5.35. The second kappa shape index (κ2) is 6.51. The van der Waals surface area contributed by atoms with E-state index in [0.717, 1.165) is 0 Å². The van der Waals surface area contributed by atoms with E-state index in [4.69, 9.17) is 5.11 Å². The van der Waals surface area contributed by atoms with E-state index in [2.05, 4.69) is 10.1 Å². The third-order valence-electron chi connectivity index (χ3n) is 2.41. The van der Waals surface area contributed by atoms with Crippen LogP contribution in [-0.2, 0) is 0 Å². The molecule has 5 heteroatoms. The van der Waals surface area contributed by atoms with Crippen molar-refractivity contribution in [3.63, 3.8) is 0 Å². The number of halogens is 2. The average Bonchev–Trinajstić information content (AvgIpc) is 2.28. The minimum Gasteiger partial charge on any atom is -0.434 e. The Labute approximate surface area is 99.4 Å². The number of rotatable bonds is 6. The molecule has 0 aliphatic rings. The molecule has 3 nitrogen and oxygen atoms in total. The maximum Gasteiger partial charge on any atom is 0.387 e. The maximum absolute atomic E-state index is 12.2. The van der Waals surface area contributed by atoms with Crippen molar-refractivity contribution in [1.29, 1.82) is 0 Å². The smallest absolute Gasteiger partial charge is 0.387 e. The van der Waals surface area contributed by atoms with Crippen LogP contribution < -0.4 is 10.1 Å². The monoisotopic (exact) mass is 245 g/mol. The van der Waals surface area contributed by atoms with Crippen LogP contribution in [-0.4, -0.2) is 24.4 Å². The topological polar surface area (TPSA) is 41.5 Å². The Morgan fingerprint density at radius 2 is 1.94 bits per heavy atom. The van der Waals surface area contributed by atoms with Gasteiger partial charge in [0.25, 0.3) is 0 Å². The zero-order valence-corrected chi connectivity index (χ0v) is 9.86. The first-order valence-corrected chi connectivity index (χ1v) is 5.45. The number of nitrogens with one attached hydrogen (secondary N) is 1. The first-order chi connectivity index (χ1) is 8.04. The lowest BCUT2D eigenvalue weighted by Gasteiger charge is -2.21. The fraction of sp³-hybridized carbons (Fsp3) is 0.500. The van der Waals surface area contributed by atoms with Crippen LogP contribution in [0.2, 0.25) is 0 Å². The number of alkyl halides is 2. The molecule has 0 amide bonds. The van der Waals surface area contributed by atoms with Gasteiger partial charge in [-0.25, -0.2) is 0 Å². The molecule has 0 heterocycles. The second-order valence-corrected chi connectivity index (χ2v) is 3.89. The number of para-hydroxylation sites is 1. The van der Waals surface area contributed by atoms with Crippen LogP contribution in [0.4, 0.5) is 8.78 Å². The molecule has 17 heavy (non-hydrogen) atoms. The summed E-state index contributed by atoms with van der Waals surface area (Å²) in [6.45, 7) is 0.799. The van der Waals surface area contributed by atoms with E-state index in [0.29, 0.717) is 5.56 Å². The van der Waals surface area contributed by atoms with Gasteiger partial charge in [0.2, 0.25) is 0 Å². The van der Waals surface area contributed by atoms with Crippen molar-refractivity contribution in [2.75, 3.05) is 6.61 Å². The Hall–Kier alpha value is -1.20. The Morgan fingerprint density at radius 3 is 2.53 bits per heavy atom. The van der Waals surface area contributed by atoms with Crippen LogP contribution in [0.25, 0.3) is 0 Å². The molecule has 0 aliphatic heterocycles. The minimum atomic E-state index is -2.83. The van der Waals surface area contributed by atoms with Crippen molar-refractivity contribution in [3.05, 3.63) is 29.8 Å². The fourth-order valence-electron chi connectivity index (χ4n) is 1.61. The van der Waals surface area contributed by atoms with Gasteiger partial charge in [-0.1, -0.05) is 18.2 Å². The van der Waals surface area contributed by atoms with Gasteiger partial charge in [0.05, 0.1) is 6.61 Å². The van der Waals surface area contributed by atoms with Crippen molar-refractivity contribution in [2.24, 2.45) is 0 Å². The van der Waals surface area contributed by atoms with Crippen molar-refractivity contribution in [1.82, 2.24) is 5.32 Å². The molecule has 0 aliphatic carbocycles. The van der Waals surface area contributed by atoms with Gasteiger partial charge in [-0.15, -0.1) is 0 Å². The van der Waals surface area contributed by atoms with Crippen LogP contribution in [0.1, 0.15) is 25.5 Å². The lowest BCUT2D eigenvalue weighted by atomic mass is 10.1. The fourth-order valence-corrected chi connectivity index (χ4v) is 1.61. The highest BCUT2D eigenvalue weighted by atomic mass is 19.3. The minimum absolute atomic E-state index is 0.0117. The Bertz CT molecular complexity index is 347. The van der Waals surface area contributed by atoms with Gasteiger partial charge >= 0.3 is 6.61 Å². The number of aliphatic hydroxyl groups is 1. The quantitative estimate of drug-likeness (QED) is 0.808. The summed E-state index contributed by atoms with van der Waals surface area (Å²) < 4.78 is 28.9. The van der Waals surface area contributed by atoms with Crippen LogP contribution in [0.5, 0.6) is 5.75 Å².